The monoisotopic (exact) mass is 340 g/mol. The lowest BCUT2D eigenvalue weighted by atomic mass is 10.2. The lowest BCUT2D eigenvalue weighted by Gasteiger charge is -1.93. The topological polar surface area (TPSA) is 67.6 Å². The van der Waals surface area contributed by atoms with Gasteiger partial charge >= 0.3 is 0 Å². The first-order valence-corrected chi connectivity index (χ1v) is 8.84. The van der Waals surface area contributed by atoms with Crippen LogP contribution in [0.25, 0.3) is 22.2 Å². The van der Waals surface area contributed by atoms with Gasteiger partial charge in [-0.25, -0.2) is 9.97 Å². The van der Waals surface area contributed by atoms with E-state index in [2.05, 4.69) is 20.2 Å². The number of nitrogens with one attached hydrogen (secondary N) is 1. The van der Waals surface area contributed by atoms with Crippen LogP contribution in [0.5, 0.6) is 0 Å². The van der Waals surface area contributed by atoms with Gasteiger partial charge in [-0.1, -0.05) is 48.2 Å². The minimum Gasteiger partial charge on any atom is -0.444 e. The van der Waals surface area contributed by atoms with Gasteiger partial charge in [0.05, 0.1) is 10.6 Å². The van der Waals surface area contributed by atoms with Gasteiger partial charge in [-0.05, 0) is 11.4 Å². The summed E-state index contributed by atoms with van der Waals surface area (Å²) in [6.45, 7) is 0. The number of hydrogen-bond donors (Lipinski definition) is 1. The first kappa shape index (κ1) is 14.2. The second-order valence-corrected chi connectivity index (χ2v) is 6.63. The Morgan fingerprint density at radius 3 is 2.83 bits per heavy atom. The molecule has 0 aliphatic carbocycles. The summed E-state index contributed by atoms with van der Waals surface area (Å²) in [6.07, 6.45) is 1.69. The Morgan fingerprint density at radius 1 is 1.09 bits per heavy atom. The van der Waals surface area contributed by atoms with Crippen LogP contribution in [0.15, 0.2) is 63.7 Å². The minimum atomic E-state index is 0.663. The molecule has 0 saturated heterocycles. The highest BCUT2D eigenvalue weighted by molar-refractivity contribution is 7.98. The van der Waals surface area contributed by atoms with Crippen LogP contribution in [0.2, 0.25) is 0 Å². The van der Waals surface area contributed by atoms with Gasteiger partial charge in [-0.3, -0.25) is 5.10 Å². The van der Waals surface area contributed by atoms with E-state index < -0.39 is 0 Å². The van der Waals surface area contributed by atoms with E-state index in [0.717, 1.165) is 22.0 Å². The summed E-state index contributed by atoms with van der Waals surface area (Å²) in [6, 6.07) is 13.9. The van der Waals surface area contributed by atoms with Crippen molar-refractivity contribution in [1.82, 2.24) is 20.2 Å². The normalized spacial score (nSPS) is 11.0. The predicted octanol–water partition coefficient (Wildman–Crippen LogP) is 4.48. The molecule has 7 heteroatoms. The molecule has 3 aromatic heterocycles. The maximum absolute atomic E-state index is 5.51. The Balaban J connectivity index is 1.43. The van der Waals surface area contributed by atoms with Crippen molar-refractivity contribution in [2.24, 2.45) is 0 Å². The van der Waals surface area contributed by atoms with Crippen LogP contribution >= 0.6 is 23.1 Å². The minimum absolute atomic E-state index is 0.663. The smallest absolute Gasteiger partial charge is 0.236 e. The standard InChI is InChI=1S/C16H12N4OS2/c1-2-5-11(6-3-1)14-18-16(20-19-14)23-10-12-9-21-15(17-12)13-7-4-8-22-13/h1-9H,10H2,(H,18,19,20). The van der Waals surface area contributed by atoms with E-state index in [1.165, 1.54) is 11.8 Å². The summed E-state index contributed by atoms with van der Waals surface area (Å²) in [5.41, 5.74) is 1.90. The number of hydrogen-bond acceptors (Lipinski definition) is 6. The van der Waals surface area contributed by atoms with Crippen LogP contribution in [0.3, 0.4) is 0 Å². The highest BCUT2D eigenvalue weighted by Crippen LogP contribution is 2.26. The Labute approximate surface area is 140 Å². The number of rotatable bonds is 5. The average molecular weight is 340 g/mol. The van der Waals surface area contributed by atoms with E-state index in [1.807, 2.05) is 47.8 Å². The van der Waals surface area contributed by atoms with Gasteiger partial charge in [-0.2, -0.15) is 0 Å². The third-order valence-corrected chi connectivity index (χ3v) is 4.88. The third kappa shape index (κ3) is 3.20. The first-order chi connectivity index (χ1) is 11.4. The zero-order chi connectivity index (χ0) is 15.5. The molecule has 0 aliphatic rings. The summed E-state index contributed by atoms with van der Waals surface area (Å²) in [7, 11) is 0. The molecule has 0 unspecified atom stereocenters. The number of aromatic nitrogens is 4. The fraction of sp³-hybridized carbons (Fsp3) is 0.0625. The summed E-state index contributed by atoms with van der Waals surface area (Å²) < 4.78 is 5.51. The van der Waals surface area contributed by atoms with E-state index in [0.29, 0.717) is 16.8 Å². The number of thioether (sulfide) groups is 1. The Kier molecular flexibility index (Phi) is 3.95. The first-order valence-electron chi connectivity index (χ1n) is 6.97. The molecule has 0 bridgehead atoms. The van der Waals surface area contributed by atoms with Crippen LogP contribution in [-0.4, -0.2) is 20.2 Å². The van der Waals surface area contributed by atoms with Crippen molar-refractivity contribution in [2.45, 2.75) is 10.9 Å². The van der Waals surface area contributed by atoms with E-state index in [4.69, 9.17) is 4.42 Å². The van der Waals surface area contributed by atoms with Gasteiger partial charge in [0.25, 0.3) is 0 Å². The highest BCUT2D eigenvalue weighted by Gasteiger charge is 2.10. The zero-order valence-electron chi connectivity index (χ0n) is 12.0. The molecule has 0 atom stereocenters. The molecule has 1 aromatic carbocycles. The molecule has 0 amide bonds. The quantitative estimate of drug-likeness (QED) is 0.543. The summed E-state index contributed by atoms with van der Waals surface area (Å²) >= 11 is 3.14. The zero-order valence-corrected chi connectivity index (χ0v) is 13.6. The molecule has 1 N–H and O–H groups in total. The second-order valence-electron chi connectivity index (χ2n) is 4.74. The fourth-order valence-corrected chi connectivity index (χ4v) is 3.39. The molecule has 0 aliphatic heterocycles. The molecule has 4 aromatic rings. The molecule has 0 saturated carbocycles. The molecule has 114 valence electrons. The molecule has 0 radical (unpaired) electrons. The molecular weight excluding hydrogens is 328 g/mol. The summed E-state index contributed by atoms with van der Waals surface area (Å²) in [5.74, 6) is 2.10. The summed E-state index contributed by atoms with van der Waals surface area (Å²) in [4.78, 5) is 10.0. The van der Waals surface area contributed by atoms with Gasteiger partial charge in [0.2, 0.25) is 11.0 Å². The van der Waals surface area contributed by atoms with Crippen LogP contribution < -0.4 is 0 Å². The average Bonchev–Trinajstić information content (AvgIpc) is 3.33. The maximum Gasteiger partial charge on any atom is 0.236 e. The molecule has 5 nitrogen and oxygen atoms in total. The molecule has 23 heavy (non-hydrogen) atoms. The predicted molar refractivity (Wildman–Crippen MR) is 91.2 cm³/mol. The lowest BCUT2D eigenvalue weighted by molar-refractivity contribution is 0.575. The van der Waals surface area contributed by atoms with Crippen molar-refractivity contribution in [3.63, 3.8) is 0 Å². The summed E-state index contributed by atoms with van der Waals surface area (Å²) in [5, 5.41) is 9.90. The van der Waals surface area contributed by atoms with Crippen LogP contribution in [0, 0.1) is 0 Å². The molecular formula is C16H12N4OS2. The van der Waals surface area contributed by atoms with E-state index >= 15 is 0 Å². The number of oxazole rings is 1. The number of nitrogens with zero attached hydrogens (tertiary/aromatic N) is 3. The SMILES string of the molecule is c1ccc(-c2nc(SCc3coc(-c4cccs4)n3)n[nH]2)cc1. The van der Waals surface area contributed by atoms with Crippen molar-refractivity contribution in [3.8, 4) is 22.2 Å². The Morgan fingerprint density at radius 2 is 2.00 bits per heavy atom. The van der Waals surface area contributed by atoms with Crippen molar-refractivity contribution in [3.05, 3.63) is 59.8 Å². The van der Waals surface area contributed by atoms with Gasteiger partial charge < -0.3 is 4.42 Å². The molecule has 0 spiro atoms. The fourth-order valence-electron chi connectivity index (χ4n) is 2.06. The highest BCUT2D eigenvalue weighted by atomic mass is 32.2. The van der Waals surface area contributed by atoms with Crippen molar-refractivity contribution < 1.29 is 4.42 Å². The van der Waals surface area contributed by atoms with E-state index in [-0.39, 0.29) is 0 Å². The molecule has 0 fully saturated rings. The molecule has 3 heterocycles. The van der Waals surface area contributed by atoms with Gasteiger partial charge in [0.15, 0.2) is 5.82 Å². The maximum atomic E-state index is 5.51. The van der Waals surface area contributed by atoms with Crippen LogP contribution in [0.1, 0.15) is 5.69 Å². The lowest BCUT2D eigenvalue weighted by Crippen LogP contribution is -1.82. The number of aromatic amines is 1. The second kappa shape index (κ2) is 6.39. The van der Waals surface area contributed by atoms with Gasteiger partial charge in [0, 0.05) is 11.3 Å². The van der Waals surface area contributed by atoms with Gasteiger partial charge in [-0.15, -0.1) is 16.4 Å². The largest absolute Gasteiger partial charge is 0.444 e. The Bertz CT molecular complexity index is 884. The van der Waals surface area contributed by atoms with Crippen LogP contribution in [-0.2, 0) is 5.75 Å². The number of benzene rings is 1. The van der Waals surface area contributed by atoms with Gasteiger partial charge in [0.1, 0.15) is 6.26 Å². The van der Waals surface area contributed by atoms with Crippen molar-refractivity contribution in [1.29, 1.82) is 0 Å². The van der Waals surface area contributed by atoms with E-state index in [9.17, 15) is 0 Å². The van der Waals surface area contributed by atoms with Crippen molar-refractivity contribution >= 4 is 23.1 Å². The third-order valence-electron chi connectivity index (χ3n) is 3.14. The Hall–Kier alpha value is -2.38. The van der Waals surface area contributed by atoms with Crippen LogP contribution in [0.4, 0.5) is 0 Å². The number of H-pyrrole nitrogens is 1. The molecule has 4 rings (SSSR count). The van der Waals surface area contributed by atoms with E-state index in [1.54, 1.807) is 17.6 Å². The number of thiophene rings is 1. The van der Waals surface area contributed by atoms with Crippen molar-refractivity contribution in [2.75, 3.05) is 0 Å².